The predicted molar refractivity (Wildman–Crippen MR) is 114 cm³/mol. The number of likely N-dealkylation sites (tertiary alicyclic amines) is 1. The summed E-state index contributed by atoms with van der Waals surface area (Å²) in [5.74, 6) is 1.61. The molecule has 150 valence electrons. The molecule has 3 rings (SSSR count). The molecule has 28 heavy (non-hydrogen) atoms. The molecule has 0 atom stereocenters. The van der Waals surface area contributed by atoms with Crippen LogP contribution in [0.5, 0.6) is 5.75 Å². The van der Waals surface area contributed by atoms with Gasteiger partial charge in [0.15, 0.2) is 0 Å². The molecule has 4 nitrogen and oxygen atoms in total. The highest BCUT2D eigenvalue weighted by Gasteiger charge is 2.19. The summed E-state index contributed by atoms with van der Waals surface area (Å²) >= 11 is 0. The van der Waals surface area contributed by atoms with Gasteiger partial charge < -0.3 is 15.0 Å². The Kier molecular flexibility index (Phi) is 7.92. The van der Waals surface area contributed by atoms with Crippen LogP contribution in [0.3, 0.4) is 0 Å². The van der Waals surface area contributed by atoms with Crippen LogP contribution in [0, 0.1) is 5.92 Å². The molecule has 0 aromatic heterocycles. The van der Waals surface area contributed by atoms with Gasteiger partial charge in [-0.3, -0.25) is 4.79 Å². The summed E-state index contributed by atoms with van der Waals surface area (Å²) in [5, 5.41) is 3.14. The van der Waals surface area contributed by atoms with Crippen LogP contribution in [-0.4, -0.2) is 44.1 Å². The van der Waals surface area contributed by atoms with Gasteiger partial charge in [0.1, 0.15) is 5.75 Å². The Labute approximate surface area is 168 Å². The maximum absolute atomic E-state index is 12.2. The number of carbonyl (C=O) groups is 1. The molecule has 1 N–H and O–H groups in total. The first-order valence-electron chi connectivity index (χ1n) is 10.4. The monoisotopic (exact) mass is 380 g/mol. The SMILES string of the molecule is COc1ccc(CCC(=O)NCC2CCN(CCc3ccccc3)CC2)cc1. The molecule has 0 radical (unpaired) electrons. The Morgan fingerprint density at radius 1 is 1.00 bits per heavy atom. The number of aryl methyl sites for hydroxylation is 1. The van der Waals surface area contributed by atoms with Crippen molar-refractivity contribution in [2.24, 2.45) is 5.92 Å². The lowest BCUT2D eigenvalue weighted by molar-refractivity contribution is -0.121. The van der Waals surface area contributed by atoms with E-state index in [1.54, 1.807) is 7.11 Å². The van der Waals surface area contributed by atoms with Crippen LogP contribution in [0.1, 0.15) is 30.4 Å². The third-order valence-corrected chi connectivity index (χ3v) is 5.65. The smallest absolute Gasteiger partial charge is 0.220 e. The second kappa shape index (κ2) is 10.9. The number of hydrogen-bond donors (Lipinski definition) is 1. The molecule has 0 unspecified atom stereocenters. The van der Waals surface area contributed by atoms with Crippen LogP contribution >= 0.6 is 0 Å². The number of nitrogens with one attached hydrogen (secondary N) is 1. The third-order valence-electron chi connectivity index (χ3n) is 5.65. The minimum absolute atomic E-state index is 0.155. The van der Waals surface area contributed by atoms with Crippen LogP contribution in [0.25, 0.3) is 0 Å². The van der Waals surface area contributed by atoms with Gasteiger partial charge in [0, 0.05) is 19.5 Å². The van der Waals surface area contributed by atoms with E-state index in [-0.39, 0.29) is 5.91 Å². The van der Waals surface area contributed by atoms with Crippen LogP contribution in [0.4, 0.5) is 0 Å². The van der Waals surface area contributed by atoms with E-state index in [1.165, 1.54) is 24.0 Å². The highest BCUT2D eigenvalue weighted by Crippen LogP contribution is 2.17. The average molecular weight is 381 g/mol. The Hall–Kier alpha value is -2.33. The fourth-order valence-electron chi connectivity index (χ4n) is 3.74. The fraction of sp³-hybridized carbons (Fsp3) is 0.458. The number of amides is 1. The lowest BCUT2D eigenvalue weighted by atomic mass is 9.96. The van der Waals surface area contributed by atoms with Gasteiger partial charge >= 0.3 is 0 Å². The van der Waals surface area contributed by atoms with Gasteiger partial charge in [0.25, 0.3) is 0 Å². The second-order valence-electron chi connectivity index (χ2n) is 7.67. The van der Waals surface area contributed by atoms with Gasteiger partial charge in [-0.05, 0) is 68.0 Å². The van der Waals surface area contributed by atoms with Gasteiger partial charge in [0.05, 0.1) is 7.11 Å². The van der Waals surface area contributed by atoms with Crippen molar-refractivity contribution < 1.29 is 9.53 Å². The highest BCUT2D eigenvalue weighted by atomic mass is 16.5. The van der Waals surface area contributed by atoms with Crippen LogP contribution in [-0.2, 0) is 17.6 Å². The van der Waals surface area contributed by atoms with E-state index in [9.17, 15) is 4.79 Å². The molecule has 0 aliphatic carbocycles. The number of piperidine rings is 1. The molecular weight excluding hydrogens is 348 g/mol. The maximum Gasteiger partial charge on any atom is 0.220 e. The van der Waals surface area contributed by atoms with Gasteiger partial charge in [-0.1, -0.05) is 42.5 Å². The summed E-state index contributed by atoms with van der Waals surface area (Å²) in [6, 6.07) is 18.6. The maximum atomic E-state index is 12.2. The minimum Gasteiger partial charge on any atom is -0.497 e. The minimum atomic E-state index is 0.155. The Morgan fingerprint density at radius 3 is 2.36 bits per heavy atom. The average Bonchev–Trinajstić information content (AvgIpc) is 2.76. The van der Waals surface area contributed by atoms with Crippen molar-refractivity contribution in [1.82, 2.24) is 10.2 Å². The summed E-state index contributed by atoms with van der Waals surface area (Å²) in [6.45, 7) is 4.22. The molecule has 0 bridgehead atoms. The van der Waals surface area contributed by atoms with E-state index in [2.05, 4.69) is 40.5 Å². The van der Waals surface area contributed by atoms with E-state index >= 15 is 0 Å². The molecule has 0 spiro atoms. The van der Waals surface area contributed by atoms with Crippen molar-refractivity contribution in [2.45, 2.75) is 32.1 Å². The Bertz CT molecular complexity index is 707. The van der Waals surface area contributed by atoms with Crippen molar-refractivity contribution in [3.63, 3.8) is 0 Å². The number of ether oxygens (including phenoxy) is 1. The third kappa shape index (κ3) is 6.68. The summed E-state index contributed by atoms with van der Waals surface area (Å²) in [5.41, 5.74) is 2.58. The number of carbonyl (C=O) groups excluding carboxylic acids is 1. The standard InChI is InChI=1S/C24H32N2O2/c1-28-23-10-7-21(8-11-23)9-12-24(27)25-19-22-14-17-26(18-15-22)16-13-20-5-3-2-4-6-20/h2-8,10-11,22H,9,12-19H2,1H3,(H,25,27). The first-order chi connectivity index (χ1) is 13.7. The van der Waals surface area contributed by atoms with Crippen molar-refractivity contribution in [3.8, 4) is 5.75 Å². The zero-order valence-electron chi connectivity index (χ0n) is 16.9. The van der Waals surface area contributed by atoms with Crippen molar-refractivity contribution in [1.29, 1.82) is 0 Å². The molecule has 2 aromatic rings. The van der Waals surface area contributed by atoms with Gasteiger partial charge in [0.2, 0.25) is 5.91 Å². The summed E-state index contributed by atoms with van der Waals surface area (Å²) in [4.78, 5) is 14.7. The number of nitrogens with zero attached hydrogens (tertiary/aromatic N) is 1. The van der Waals surface area contributed by atoms with Crippen molar-refractivity contribution in [3.05, 3.63) is 65.7 Å². The zero-order valence-corrected chi connectivity index (χ0v) is 16.9. The highest BCUT2D eigenvalue weighted by molar-refractivity contribution is 5.76. The molecule has 0 saturated carbocycles. The Morgan fingerprint density at radius 2 is 1.68 bits per heavy atom. The first-order valence-corrected chi connectivity index (χ1v) is 10.4. The Balaban J connectivity index is 1.28. The summed E-state index contributed by atoms with van der Waals surface area (Å²) in [7, 11) is 1.66. The number of methoxy groups -OCH3 is 1. The van der Waals surface area contributed by atoms with Gasteiger partial charge in [-0.2, -0.15) is 0 Å². The summed E-state index contributed by atoms with van der Waals surface area (Å²) in [6.07, 6.45) is 4.78. The van der Waals surface area contributed by atoms with E-state index in [1.807, 2.05) is 24.3 Å². The van der Waals surface area contributed by atoms with Crippen molar-refractivity contribution in [2.75, 3.05) is 33.3 Å². The number of benzene rings is 2. The molecule has 1 aliphatic rings. The molecule has 1 saturated heterocycles. The van der Waals surface area contributed by atoms with Crippen LogP contribution in [0.2, 0.25) is 0 Å². The molecule has 1 heterocycles. The normalized spacial score (nSPS) is 15.3. The predicted octanol–water partition coefficient (Wildman–Crippen LogP) is 3.70. The molecule has 4 heteroatoms. The second-order valence-corrected chi connectivity index (χ2v) is 7.67. The van der Waals surface area contributed by atoms with Crippen LogP contribution in [0.15, 0.2) is 54.6 Å². The van der Waals surface area contributed by atoms with E-state index < -0.39 is 0 Å². The largest absolute Gasteiger partial charge is 0.497 e. The van der Waals surface area contributed by atoms with Crippen molar-refractivity contribution >= 4 is 5.91 Å². The van der Waals surface area contributed by atoms with E-state index in [0.717, 1.165) is 44.8 Å². The quantitative estimate of drug-likeness (QED) is 0.721. The first kappa shape index (κ1) is 20.4. The van der Waals surface area contributed by atoms with Gasteiger partial charge in [-0.25, -0.2) is 0 Å². The van der Waals surface area contributed by atoms with E-state index in [4.69, 9.17) is 4.74 Å². The molecule has 2 aromatic carbocycles. The lowest BCUT2D eigenvalue weighted by Crippen LogP contribution is -2.39. The summed E-state index contributed by atoms with van der Waals surface area (Å²) < 4.78 is 5.16. The molecule has 1 fully saturated rings. The zero-order chi connectivity index (χ0) is 19.6. The molecule has 1 aliphatic heterocycles. The van der Waals surface area contributed by atoms with Gasteiger partial charge in [-0.15, -0.1) is 0 Å². The molecular formula is C24H32N2O2. The number of hydrogen-bond acceptors (Lipinski definition) is 3. The molecule has 1 amide bonds. The fourth-order valence-corrected chi connectivity index (χ4v) is 3.74. The van der Waals surface area contributed by atoms with E-state index in [0.29, 0.717) is 12.3 Å². The number of rotatable bonds is 9. The topological polar surface area (TPSA) is 41.6 Å². The lowest BCUT2D eigenvalue weighted by Gasteiger charge is -2.32. The van der Waals surface area contributed by atoms with Crippen LogP contribution < -0.4 is 10.1 Å².